The van der Waals surface area contributed by atoms with Crippen molar-refractivity contribution in [3.8, 4) is 5.75 Å². The van der Waals surface area contributed by atoms with Gasteiger partial charge in [-0.25, -0.2) is 4.39 Å². The van der Waals surface area contributed by atoms with Crippen LogP contribution < -0.4 is 15.4 Å². The van der Waals surface area contributed by atoms with Crippen LogP contribution in [0.15, 0.2) is 12.1 Å². The van der Waals surface area contributed by atoms with Crippen LogP contribution in [0.1, 0.15) is 19.3 Å². The molecule has 4 nitrogen and oxygen atoms in total. The molecular formula is C15H24FN3O. The van der Waals surface area contributed by atoms with E-state index in [-0.39, 0.29) is 11.3 Å². The summed E-state index contributed by atoms with van der Waals surface area (Å²) in [5.41, 5.74) is 7.41. The molecule has 2 N–H and O–H groups in total. The molecule has 1 aromatic rings. The number of likely N-dealkylation sites (N-methyl/N-ethyl adjacent to an activating group) is 2. The second-order valence-electron chi connectivity index (χ2n) is 5.87. The Hall–Kier alpha value is -1.49. The van der Waals surface area contributed by atoms with Gasteiger partial charge in [-0.1, -0.05) is 0 Å². The van der Waals surface area contributed by atoms with Gasteiger partial charge >= 0.3 is 0 Å². The quantitative estimate of drug-likeness (QED) is 0.841. The number of hydrogen-bond donors (Lipinski definition) is 1. The molecule has 0 saturated heterocycles. The van der Waals surface area contributed by atoms with Crippen molar-refractivity contribution < 1.29 is 9.13 Å². The Morgan fingerprint density at radius 2 is 1.95 bits per heavy atom. The van der Waals surface area contributed by atoms with Gasteiger partial charge in [0.25, 0.3) is 0 Å². The molecular weight excluding hydrogens is 257 g/mol. The van der Waals surface area contributed by atoms with Crippen molar-refractivity contribution in [3.63, 3.8) is 0 Å². The molecule has 0 heterocycles. The van der Waals surface area contributed by atoms with E-state index in [0.29, 0.717) is 5.69 Å². The maximum absolute atomic E-state index is 13.6. The first-order chi connectivity index (χ1) is 9.39. The van der Waals surface area contributed by atoms with Gasteiger partial charge < -0.3 is 20.3 Å². The summed E-state index contributed by atoms with van der Waals surface area (Å²) < 4.78 is 18.6. The zero-order valence-electron chi connectivity index (χ0n) is 12.7. The Bertz CT molecular complexity index is 486. The molecule has 0 aliphatic heterocycles. The van der Waals surface area contributed by atoms with E-state index in [2.05, 4.69) is 23.9 Å². The number of anilines is 2. The SMILES string of the molecule is COc1cc(N(C)CC2(N(C)C)CCC2)c(N)cc1F. The fraction of sp³-hybridized carbons (Fsp3) is 0.600. The van der Waals surface area contributed by atoms with Gasteiger partial charge in [-0.15, -0.1) is 0 Å². The molecule has 1 fully saturated rings. The number of methoxy groups -OCH3 is 1. The predicted molar refractivity (Wildman–Crippen MR) is 80.9 cm³/mol. The number of hydrogen-bond acceptors (Lipinski definition) is 4. The van der Waals surface area contributed by atoms with Crippen LogP contribution in [0.25, 0.3) is 0 Å². The highest BCUT2D eigenvalue weighted by molar-refractivity contribution is 5.70. The summed E-state index contributed by atoms with van der Waals surface area (Å²) in [7, 11) is 7.68. The number of halogens is 1. The van der Waals surface area contributed by atoms with Crippen molar-refractivity contribution >= 4 is 11.4 Å². The van der Waals surface area contributed by atoms with Crippen LogP contribution in [0.2, 0.25) is 0 Å². The lowest BCUT2D eigenvalue weighted by Crippen LogP contribution is -2.56. The van der Waals surface area contributed by atoms with Crippen molar-refractivity contribution in [2.45, 2.75) is 24.8 Å². The van der Waals surface area contributed by atoms with E-state index in [4.69, 9.17) is 10.5 Å². The van der Waals surface area contributed by atoms with Crippen LogP contribution in [0.4, 0.5) is 15.8 Å². The number of nitrogen functional groups attached to an aromatic ring is 1. The van der Waals surface area contributed by atoms with Gasteiger partial charge in [0.05, 0.1) is 18.5 Å². The summed E-state index contributed by atoms with van der Waals surface area (Å²) in [6.45, 7) is 0.874. The van der Waals surface area contributed by atoms with E-state index < -0.39 is 5.82 Å². The minimum atomic E-state index is -0.423. The van der Waals surface area contributed by atoms with E-state index in [9.17, 15) is 4.39 Å². The molecule has 112 valence electrons. The van der Waals surface area contributed by atoms with Crippen LogP contribution in [0.3, 0.4) is 0 Å². The van der Waals surface area contributed by atoms with Crippen LogP contribution in [-0.2, 0) is 0 Å². The second kappa shape index (κ2) is 5.48. The Morgan fingerprint density at radius 3 is 2.40 bits per heavy atom. The molecule has 1 saturated carbocycles. The van der Waals surface area contributed by atoms with Crippen LogP contribution in [0, 0.1) is 5.82 Å². The molecule has 5 heteroatoms. The standard InChI is InChI=1S/C15H24FN3O/c1-18(2)15(6-5-7-15)10-19(3)13-9-14(20-4)11(16)8-12(13)17/h8-9H,5-7,10,17H2,1-4H3. The predicted octanol–water partition coefficient (Wildman–Crippen LogP) is 2.34. The molecule has 0 unspecified atom stereocenters. The van der Waals surface area contributed by atoms with Crippen molar-refractivity contribution in [1.29, 1.82) is 0 Å². The van der Waals surface area contributed by atoms with E-state index in [1.54, 1.807) is 6.07 Å². The van der Waals surface area contributed by atoms with Crippen LogP contribution in [-0.4, -0.2) is 45.2 Å². The van der Waals surface area contributed by atoms with Crippen molar-refractivity contribution in [2.24, 2.45) is 0 Å². The zero-order chi connectivity index (χ0) is 14.9. The van der Waals surface area contributed by atoms with Gasteiger partial charge in [-0.3, -0.25) is 0 Å². The number of benzene rings is 1. The minimum Gasteiger partial charge on any atom is -0.494 e. The van der Waals surface area contributed by atoms with Crippen molar-refractivity contribution in [2.75, 3.05) is 45.4 Å². The summed E-state index contributed by atoms with van der Waals surface area (Å²) in [6.07, 6.45) is 3.62. The molecule has 0 atom stereocenters. The topological polar surface area (TPSA) is 41.7 Å². The highest BCUT2D eigenvalue weighted by Crippen LogP contribution is 2.39. The van der Waals surface area contributed by atoms with Gasteiger partial charge in [0.2, 0.25) is 0 Å². The summed E-state index contributed by atoms with van der Waals surface area (Å²) >= 11 is 0. The molecule has 0 amide bonds. The molecule has 1 aliphatic rings. The lowest BCUT2D eigenvalue weighted by Gasteiger charge is -2.49. The van der Waals surface area contributed by atoms with Gasteiger partial charge in [-0.05, 0) is 33.4 Å². The third-order valence-electron chi connectivity index (χ3n) is 4.48. The minimum absolute atomic E-state index is 0.197. The molecule has 0 spiro atoms. The van der Waals surface area contributed by atoms with E-state index in [0.717, 1.165) is 12.2 Å². The third kappa shape index (κ3) is 2.54. The third-order valence-corrected chi connectivity index (χ3v) is 4.48. The van der Waals surface area contributed by atoms with E-state index in [1.807, 2.05) is 7.05 Å². The average molecular weight is 281 g/mol. The first kappa shape index (κ1) is 14.9. The van der Waals surface area contributed by atoms with Crippen molar-refractivity contribution in [3.05, 3.63) is 17.9 Å². The lowest BCUT2D eigenvalue weighted by molar-refractivity contribution is 0.0683. The fourth-order valence-electron chi connectivity index (χ4n) is 2.90. The van der Waals surface area contributed by atoms with Crippen molar-refractivity contribution in [1.82, 2.24) is 4.90 Å². The lowest BCUT2D eigenvalue weighted by atomic mass is 9.75. The summed E-state index contributed by atoms with van der Waals surface area (Å²) in [5.74, 6) is -0.193. The molecule has 0 aromatic heterocycles. The number of nitrogens with zero attached hydrogens (tertiary/aromatic N) is 2. The Kier molecular flexibility index (Phi) is 4.09. The molecule has 2 rings (SSSR count). The maximum atomic E-state index is 13.6. The second-order valence-corrected chi connectivity index (χ2v) is 5.87. The molecule has 20 heavy (non-hydrogen) atoms. The smallest absolute Gasteiger partial charge is 0.167 e. The number of rotatable bonds is 5. The zero-order valence-corrected chi connectivity index (χ0v) is 12.7. The largest absolute Gasteiger partial charge is 0.494 e. The Morgan fingerprint density at radius 1 is 1.30 bits per heavy atom. The number of nitrogens with two attached hydrogens (primary N) is 1. The maximum Gasteiger partial charge on any atom is 0.167 e. The first-order valence-electron chi connectivity index (χ1n) is 6.91. The molecule has 0 bridgehead atoms. The van der Waals surface area contributed by atoms with Gasteiger partial charge in [-0.2, -0.15) is 0 Å². The van der Waals surface area contributed by atoms with Crippen LogP contribution in [0.5, 0.6) is 5.75 Å². The summed E-state index contributed by atoms with van der Waals surface area (Å²) in [6, 6.07) is 3.00. The average Bonchev–Trinajstić information content (AvgIpc) is 2.33. The summed E-state index contributed by atoms with van der Waals surface area (Å²) in [5, 5.41) is 0. The first-order valence-corrected chi connectivity index (χ1v) is 6.91. The highest BCUT2D eigenvalue weighted by atomic mass is 19.1. The monoisotopic (exact) mass is 281 g/mol. The highest BCUT2D eigenvalue weighted by Gasteiger charge is 2.40. The van der Waals surface area contributed by atoms with E-state index in [1.165, 1.54) is 32.4 Å². The molecule has 1 aromatic carbocycles. The molecule has 0 radical (unpaired) electrons. The summed E-state index contributed by atoms with van der Waals surface area (Å²) in [4.78, 5) is 4.38. The van der Waals surface area contributed by atoms with Gasteiger partial charge in [0.1, 0.15) is 0 Å². The van der Waals surface area contributed by atoms with E-state index >= 15 is 0 Å². The van der Waals surface area contributed by atoms with Gasteiger partial charge in [0.15, 0.2) is 11.6 Å². The molecule has 1 aliphatic carbocycles. The Labute approximate surface area is 120 Å². The fourth-order valence-corrected chi connectivity index (χ4v) is 2.90. The normalized spacial score (nSPS) is 16.9. The Balaban J connectivity index is 2.23. The van der Waals surface area contributed by atoms with Crippen LogP contribution >= 0.6 is 0 Å². The van der Waals surface area contributed by atoms with Gasteiger partial charge in [0, 0.05) is 31.3 Å². The number of ether oxygens (including phenoxy) is 1.